The van der Waals surface area contributed by atoms with Crippen LogP contribution in [0.4, 0.5) is 0 Å². The molecule has 0 amide bonds. The lowest BCUT2D eigenvalue weighted by atomic mass is 10.2. The van der Waals surface area contributed by atoms with Gasteiger partial charge in [0.1, 0.15) is 4.32 Å². The summed E-state index contributed by atoms with van der Waals surface area (Å²) in [6.45, 7) is 1.93. The predicted molar refractivity (Wildman–Crippen MR) is 107 cm³/mol. The van der Waals surface area contributed by atoms with Crippen molar-refractivity contribution in [1.82, 2.24) is 4.90 Å². The SMILES string of the molecule is Cc1ccc(S(=O)(=O)/C(=C\SC(=S)N(C)C)c2ccccc2)cc1. The summed E-state index contributed by atoms with van der Waals surface area (Å²) in [5, 5.41) is 1.62. The minimum atomic E-state index is -3.63. The lowest BCUT2D eigenvalue weighted by molar-refractivity contribution is 0.606. The fourth-order valence-electron chi connectivity index (χ4n) is 1.94. The molecule has 0 unspecified atom stereocenters. The van der Waals surface area contributed by atoms with Gasteiger partial charge in [-0.15, -0.1) is 0 Å². The largest absolute Gasteiger partial charge is 0.363 e. The van der Waals surface area contributed by atoms with E-state index in [1.807, 2.05) is 39.2 Å². The molecule has 6 heteroatoms. The molecule has 0 atom stereocenters. The summed E-state index contributed by atoms with van der Waals surface area (Å²) in [6, 6.07) is 15.9. The van der Waals surface area contributed by atoms with Crippen LogP contribution in [0.25, 0.3) is 4.91 Å². The van der Waals surface area contributed by atoms with E-state index in [4.69, 9.17) is 12.2 Å². The van der Waals surface area contributed by atoms with Crippen molar-refractivity contribution in [1.29, 1.82) is 0 Å². The maximum Gasteiger partial charge on any atom is 0.207 e. The molecule has 2 aromatic rings. The molecule has 0 radical (unpaired) electrons. The maximum absolute atomic E-state index is 13.1. The molecule has 2 rings (SSSR count). The molecule has 2 aromatic carbocycles. The predicted octanol–water partition coefficient (Wildman–Crippen LogP) is 4.35. The van der Waals surface area contributed by atoms with E-state index in [2.05, 4.69) is 0 Å². The highest BCUT2D eigenvalue weighted by atomic mass is 32.2. The van der Waals surface area contributed by atoms with Crippen molar-refractivity contribution in [3.63, 3.8) is 0 Å². The molecule has 0 aliphatic heterocycles. The number of thiocarbonyl (C=S) groups is 1. The summed E-state index contributed by atoms with van der Waals surface area (Å²) in [4.78, 5) is 2.30. The molecule has 0 fully saturated rings. The highest BCUT2D eigenvalue weighted by molar-refractivity contribution is 8.25. The second-order valence-electron chi connectivity index (χ2n) is 5.44. The summed E-state index contributed by atoms with van der Waals surface area (Å²) >= 11 is 6.48. The number of hydrogen-bond acceptors (Lipinski definition) is 4. The minimum Gasteiger partial charge on any atom is -0.363 e. The summed E-state index contributed by atoms with van der Waals surface area (Å²) in [5.41, 5.74) is 1.66. The van der Waals surface area contributed by atoms with Crippen LogP contribution in [0.5, 0.6) is 0 Å². The van der Waals surface area contributed by atoms with Gasteiger partial charge in [0.15, 0.2) is 0 Å². The number of hydrogen-bond donors (Lipinski definition) is 0. The van der Waals surface area contributed by atoms with Gasteiger partial charge in [0.2, 0.25) is 9.84 Å². The number of benzene rings is 2. The number of rotatable bonds is 4. The van der Waals surface area contributed by atoms with Crippen molar-refractivity contribution >= 4 is 43.0 Å². The lowest BCUT2D eigenvalue weighted by Crippen LogP contribution is -2.15. The average molecular weight is 378 g/mol. The normalized spacial score (nSPS) is 12.0. The second-order valence-corrected chi connectivity index (χ2v) is 8.86. The summed E-state index contributed by atoms with van der Waals surface area (Å²) in [6.07, 6.45) is 0. The Morgan fingerprint density at radius 3 is 2.17 bits per heavy atom. The van der Waals surface area contributed by atoms with Crippen LogP contribution in [0.2, 0.25) is 0 Å². The number of sulfone groups is 1. The topological polar surface area (TPSA) is 37.4 Å². The minimum absolute atomic E-state index is 0.251. The second kappa shape index (κ2) is 7.96. The summed E-state index contributed by atoms with van der Waals surface area (Å²) in [7, 11) is 0.0362. The molecule has 0 aromatic heterocycles. The molecule has 0 aliphatic rings. The lowest BCUT2D eigenvalue weighted by Gasteiger charge is -2.13. The molecule has 0 saturated heterocycles. The molecular formula is C18H19NO2S3. The Balaban J connectivity index is 2.51. The fourth-order valence-corrected chi connectivity index (χ4v) is 4.49. The number of nitrogens with zero attached hydrogens (tertiary/aromatic N) is 1. The smallest absolute Gasteiger partial charge is 0.207 e. The van der Waals surface area contributed by atoms with E-state index in [0.29, 0.717) is 9.88 Å². The van der Waals surface area contributed by atoms with E-state index >= 15 is 0 Å². The Labute approximate surface area is 153 Å². The molecule has 0 N–H and O–H groups in total. The van der Waals surface area contributed by atoms with Gasteiger partial charge in [0.05, 0.1) is 9.80 Å². The molecule has 126 valence electrons. The van der Waals surface area contributed by atoms with Gasteiger partial charge in [0, 0.05) is 14.1 Å². The Kier molecular flexibility index (Phi) is 6.21. The van der Waals surface area contributed by atoms with E-state index in [9.17, 15) is 8.42 Å². The molecular weight excluding hydrogens is 358 g/mol. The molecule has 3 nitrogen and oxygen atoms in total. The average Bonchev–Trinajstić information content (AvgIpc) is 2.56. The molecule has 0 aliphatic carbocycles. The maximum atomic E-state index is 13.1. The van der Waals surface area contributed by atoms with Crippen molar-refractivity contribution in [3.05, 3.63) is 71.1 Å². The van der Waals surface area contributed by atoms with E-state index in [1.165, 1.54) is 11.8 Å². The van der Waals surface area contributed by atoms with Gasteiger partial charge < -0.3 is 4.90 Å². The first kappa shape index (κ1) is 18.7. The van der Waals surface area contributed by atoms with Gasteiger partial charge in [-0.1, -0.05) is 72.0 Å². The third-order valence-electron chi connectivity index (χ3n) is 3.31. The van der Waals surface area contributed by atoms with Crippen molar-refractivity contribution < 1.29 is 8.42 Å². The van der Waals surface area contributed by atoms with Crippen molar-refractivity contribution in [2.24, 2.45) is 0 Å². The van der Waals surface area contributed by atoms with Crippen LogP contribution in [-0.2, 0) is 9.84 Å². The molecule has 0 spiro atoms. The van der Waals surface area contributed by atoms with E-state index in [0.717, 1.165) is 5.56 Å². The Morgan fingerprint density at radius 1 is 1.04 bits per heavy atom. The highest BCUT2D eigenvalue weighted by Gasteiger charge is 2.22. The van der Waals surface area contributed by atoms with E-state index in [-0.39, 0.29) is 9.80 Å². The number of aryl methyl sites for hydroxylation is 1. The summed E-state index contributed by atoms with van der Waals surface area (Å²) < 4.78 is 26.8. The van der Waals surface area contributed by atoms with Crippen LogP contribution in [0.1, 0.15) is 11.1 Å². The highest BCUT2D eigenvalue weighted by Crippen LogP contribution is 2.30. The van der Waals surface area contributed by atoms with Crippen molar-refractivity contribution in [2.75, 3.05) is 14.1 Å². The Hall–Kier alpha value is -1.63. The monoisotopic (exact) mass is 377 g/mol. The standard InChI is InChI=1S/C18H19NO2S3/c1-14-9-11-16(12-10-14)24(20,21)17(13-23-18(22)19(2)3)15-7-5-4-6-8-15/h4-13H,1-3H3/b17-13-. The molecule has 0 heterocycles. The van der Waals surface area contributed by atoms with Gasteiger partial charge in [-0.05, 0) is 30.0 Å². The third-order valence-corrected chi connectivity index (χ3v) is 6.86. The third kappa shape index (κ3) is 4.47. The zero-order valence-corrected chi connectivity index (χ0v) is 16.2. The van der Waals surface area contributed by atoms with Crippen LogP contribution < -0.4 is 0 Å². The first-order chi connectivity index (χ1) is 11.3. The Bertz CT molecular complexity index is 840. The first-order valence-corrected chi connectivity index (χ1v) is 10.0. The van der Waals surface area contributed by atoms with E-state index < -0.39 is 9.84 Å². The first-order valence-electron chi connectivity index (χ1n) is 7.27. The molecule has 0 saturated carbocycles. The quantitative estimate of drug-likeness (QED) is 0.741. The van der Waals surface area contributed by atoms with Crippen molar-refractivity contribution in [3.8, 4) is 0 Å². The van der Waals surface area contributed by atoms with Gasteiger partial charge in [-0.2, -0.15) is 0 Å². The van der Waals surface area contributed by atoms with Gasteiger partial charge in [-0.3, -0.25) is 0 Å². The van der Waals surface area contributed by atoms with Crippen LogP contribution in [0.3, 0.4) is 0 Å². The van der Waals surface area contributed by atoms with Gasteiger partial charge >= 0.3 is 0 Å². The van der Waals surface area contributed by atoms with Gasteiger partial charge in [-0.25, -0.2) is 8.42 Å². The van der Waals surface area contributed by atoms with Crippen LogP contribution in [0.15, 0.2) is 64.9 Å². The zero-order chi connectivity index (χ0) is 17.7. The van der Waals surface area contributed by atoms with Crippen LogP contribution in [-0.4, -0.2) is 31.7 Å². The van der Waals surface area contributed by atoms with E-state index in [1.54, 1.807) is 46.7 Å². The van der Waals surface area contributed by atoms with Gasteiger partial charge in [0.25, 0.3) is 0 Å². The number of thioether (sulfide) groups is 1. The fraction of sp³-hybridized carbons (Fsp3) is 0.167. The Morgan fingerprint density at radius 2 is 1.62 bits per heavy atom. The van der Waals surface area contributed by atoms with Crippen LogP contribution in [0, 0.1) is 6.92 Å². The van der Waals surface area contributed by atoms with Crippen LogP contribution >= 0.6 is 24.0 Å². The molecule has 24 heavy (non-hydrogen) atoms. The summed E-state index contributed by atoms with van der Waals surface area (Å²) in [5.74, 6) is 0. The molecule has 0 bridgehead atoms. The zero-order valence-electron chi connectivity index (χ0n) is 13.8. The van der Waals surface area contributed by atoms with Crippen molar-refractivity contribution in [2.45, 2.75) is 11.8 Å².